The van der Waals surface area contributed by atoms with Gasteiger partial charge in [-0.05, 0) is 84.3 Å². The maximum atomic E-state index is 14.7. The van der Waals surface area contributed by atoms with E-state index in [0.717, 1.165) is 15.5 Å². The summed E-state index contributed by atoms with van der Waals surface area (Å²) in [5.74, 6) is 2.64. The van der Waals surface area contributed by atoms with Gasteiger partial charge in [-0.25, -0.2) is 10.2 Å². The molecule has 0 radical (unpaired) electrons. The maximum absolute atomic E-state index is 14.7. The molecule has 4 aliphatic rings. The van der Waals surface area contributed by atoms with E-state index in [2.05, 4.69) is 41.2 Å². The molecule has 2 amide bonds. The van der Waals surface area contributed by atoms with Gasteiger partial charge in [0.2, 0.25) is 0 Å². The molecular weight excluding hydrogens is 813 g/mol. The average molecular weight is 875 g/mol. The smallest absolute Gasteiger partial charge is 0.410 e. The number of aliphatic hydroxyl groups excluding tert-OH is 1. The van der Waals surface area contributed by atoms with Gasteiger partial charge in [0.15, 0.2) is 17.7 Å². The Hall–Kier alpha value is -4.53. The number of carbonyl (C=O) groups excluding carboxylic acids is 4. The molecule has 2 bridgehead atoms. The van der Waals surface area contributed by atoms with Gasteiger partial charge >= 0.3 is 12.1 Å². The van der Waals surface area contributed by atoms with E-state index in [9.17, 15) is 24.3 Å². The Balaban J connectivity index is 1.38. The minimum absolute atomic E-state index is 0.190. The number of aliphatic hydroxyl groups is 1. The van der Waals surface area contributed by atoms with E-state index in [-0.39, 0.29) is 36.1 Å². The second kappa shape index (κ2) is 19.5. The number of likely N-dealkylation sites (N-methyl/N-ethyl adjacent to an activating group) is 1. The average Bonchev–Trinajstić information content (AvgIpc) is 3.73. The van der Waals surface area contributed by atoms with Crippen LogP contribution in [0.5, 0.6) is 0 Å². The first kappa shape index (κ1) is 47.0. The molecule has 16 heteroatoms. The number of ether oxygens (including phenoxy) is 4. The van der Waals surface area contributed by atoms with Crippen LogP contribution in [0.4, 0.5) is 4.79 Å². The van der Waals surface area contributed by atoms with Crippen LogP contribution in [0.2, 0.25) is 0 Å². The number of fused-ring (bicyclic) bond motifs is 1. The summed E-state index contributed by atoms with van der Waals surface area (Å²) in [5.41, 5.74) is 1.54. The molecule has 62 heavy (non-hydrogen) atoms. The number of Topliss-reactive ketones (excluding diaryl/α,β-unsaturated/α-hetero) is 1. The number of hydrogen-bond acceptors (Lipinski definition) is 14. The molecule has 2 aromatic rings. The van der Waals surface area contributed by atoms with Crippen molar-refractivity contribution in [3.05, 3.63) is 52.0 Å². The molecule has 13 atom stereocenters. The van der Waals surface area contributed by atoms with Crippen LogP contribution in [0, 0.1) is 40.9 Å². The molecule has 2 N–H and O–H groups in total. The van der Waals surface area contributed by atoms with Crippen molar-refractivity contribution in [3.8, 4) is 11.8 Å². The number of nitrogens with zero attached hydrogens (tertiary/aromatic N) is 5. The summed E-state index contributed by atoms with van der Waals surface area (Å²) in [6.45, 7) is 15.8. The van der Waals surface area contributed by atoms with E-state index in [4.69, 9.17) is 23.9 Å². The first-order chi connectivity index (χ1) is 29.4. The van der Waals surface area contributed by atoms with Crippen molar-refractivity contribution in [2.75, 3.05) is 27.2 Å². The summed E-state index contributed by atoms with van der Waals surface area (Å²) in [6.07, 6.45) is 0.167. The molecule has 3 fully saturated rings. The number of esters is 1. The molecule has 6 heterocycles. The minimum Gasteiger partial charge on any atom is -0.458 e. The summed E-state index contributed by atoms with van der Waals surface area (Å²) in [4.78, 5) is 69.0. The highest BCUT2D eigenvalue weighted by molar-refractivity contribution is 7.14. The minimum atomic E-state index is -1.20. The van der Waals surface area contributed by atoms with Gasteiger partial charge in [0.25, 0.3) is 5.91 Å². The molecule has 0 saturated carbocycles. The summed E-state index contributed by atoms with van der Waals surface area (Å²) in [7, 11) is 3.80. The van der Waals surface area contributed by atoms with Crippen molar-refractivity contribution in [1.29, 1.82) is 0 Å². The first-order valence-corrected chi connectivity index (χ1v) is 22.5. The van der Waals surface area contributed by atoms with E-state index in [1.165, 1.54) is 17.5 Å². The number of aromatic nitrogens is 1. The predicted octanol–water partition coefficient (Wildman–Crippen LogP) is 5.34. The number of ketones is 1. The second-order valence-electron chi connectivity index (χ2n) is 18.0. The number of hydrazone groups is 1. The number of nitrogens with one attached hydrogen (secondary N) is 1. The zero-order valence-electron chi connectivity index (χ0n) is 37.5. The molecular formula is C46H62N6O9S. The van der Waals surface area contributed by atoms with Gasteiger partial charge in [-0.2, -0.15) is 5.10 Å². The van der Waals surface area contributed by atoms with E-state index in [1.807, 2.05) is 58.8 Å². The molecule has 3 saturated heterocycles. The third-order valence-corrected chi connectivity index (χ3v) is 14.0. The highest BCUT2D eigenvalue weighted by atomic mass is 32.1. The molecule has 6 rings (SSSR count). The van der Waals surface area contributed by atoms with E-state index in [0.29, 0.717) is 32.4 Å². The van der Waals surface area contributed by atoms with E-state index >= 15 is 0 Å². The first-order valence-electron chi connectivity index (χ1n) is 21.6. The Labute approximate surface area is 369 Å². The standard InChI is InChI=1S/C46H62N6O9S/c1-11-35-46(8)39-28(4)36(48-21-22-52(39)44(57)61-46)26(2)24-45(7,19-14-15-31-17-18-32(62-31)25-49-50-41(55)33-16-12-13-20-47-33)40(29(5)37(53)30(6)42(56)59-35)60-43-38(54)34(51(9)10)23-27(3)58-43/h12-13,16-18,20,25-30,34-35,38-40,43,54H,11,19,21-24H2,1-10H3,(H,50,55)/b49-25+/t26-,27-,28+,29+,30-,34+,35-,38-,39-,40-,43+,45+,46-/m1/s1. The fourth-order valence-electron chi connectivity index (χ4n) is 10.00. The van der Waals surface area contributed by atoms with Crippen molar-refractivity contribution >= 4 is 47.0 Å². The number of thiophene rings is 1. The van der Waals surface area contributed by atoms with Crippen LogP contribution < -0.4 is 5.43 Å². The number of aliphatic imine (C=N–C) groups is 1. The number of carbonyl (C=O) groups is 4. The SMILES string of the molecule is CC[C@H]1OC(=O)[C@H](C)C(=O)[C@H](C)[C@@H](O[C@@H]2O[C@H](C)C[C@H](N(C)C)[C@H]2O)[C@@](C)(CC#Cc2ccc(/C=N/NC(=O)c3ccccn3)s2)C[C@@H](C)C2=NCCN3C(=O)O[C@@]1(C)[C@H]3[C@H]2C. The molecule has 4 aliphatic heterocycles. The third kappa shape index (κ3) is 9.82. The van der Waals surface area contributed by atoms with Crippen molar-refractivity contribution in [2.45, 2.75) is 129 Å². The van der Waals surface area contributed by atoms with Crippen LogP contribution in [0.1, 0.15) is 101 Å². The largest absolute Gasteiger partial charge is 0.458 e. The Morgan fingerprint density at radius 2 is 1.89 bits per heavy atom. The van der Waals surface area contributed by atoms with Gasteiger partial charge in [-0.1, -0.05) is 52.5 Å². The Kier molecular flexibility index (Phi) is 14.7. The van der Waals surface area contributed by atoms with Crippen molar-refractivity contribution in [1.82, 2.24) is 20.2 Å². The van der Waals surface area contributed by atoms with Gasteiger partial charge in [0.05, 0.1) is 35.9 Å². The predicted molar refractivity (Wildman–Crippen MR) is 235 cm³/mol. The molecule has 0 spiro atoms. The van der Waals surface area contributed by atoms with Crippen LogP contribution in [0.25, 0.3) is 0 Å². The topological polar surface area (TPSA) is 182 Å². The van der Waals surface area contributed by atoms with Crippen LogP contribution >= 0.6 is 11.3 Å². The molecule has 2 aromatic heterocycles. The lowest BCUT2D eigenvalue weighted by Crippen LogP contribution is -2.58. The van der Waals surface area contributed by atoms with E-state index in [1.54, 1.807) is 43.2 Å². The Morgan fingerprint density at radius 3 is 2.58 bits per heavy atom. The lowest BCUT2D eigenvalue weighted by molar-refractivity contribution is -0.286. The number of hydrogen-bond donors (Lipinski definition) is 2. The quantitative estimate of drug-likeness (QED) is 0.115. The Morgan fingerprint density at radius 1 is 1.13 bits per heavy atom. The fraction of sp³-hybridized carbons (Fsp3) is 0.630. The van der Waals surface area contributed by atoms with Crippen molar-refractivity contribution in [3.63, 3.8) is 0 Å². The zero-order chi connectivity index (χ0) is 45.1. The van der Waals surface area contributed by atoms with Crippen LogP contribution in [0.3, 0.4) is 0 Å². The zero-order valence-corrected chi connectivity index (χ0v) is 38.3. The number of cyclic esters (lactones) is 1. The number of amides is 2. The number of pyridine rings is 1. The normalized spacial score (nSPS) is 35.6. The fourth-order valence-corrected chi connectivity index (χ4v) is 10.8. The summed E-state index contributed by atoms with van der Waals surface area (Å²) >= 11 is 1.40. The van der Waals surface area contributed by atoms with Gasteiger partial charge in [0, 0.05) is 53.0 Å². The lowest BCUT2D eigenvalue weighted by Gasteiger charge is -2.47. The lowest BCUT2D eigenvalue weighted by atomic mass is 9.66. The van der Waals surface area contributed by atoms with Crippen LogP contribution in [-0.4, -0.2) is 131 Å². The highest BCUT2D eigenvalue weighted by Crippen LogP contribution is 2.46. The summed E-state index contributed by atoms with van der Waals surface area (Å²) in [6, 6.07) is 8.03. The monoisotopic (exact) mass is 874 g/mol. The van der Waals surface area contributed by atoms with Crippen molar-refractivity contribution < 1.29 is 43.2 Å². The highest BCUT2D eigenvalue weighted by Gasteiger charge is 2.60. The summed E-state index contributed by atoms with van der Waals surface area (Å²) < 4.78 is 25.6. The summed E-state index contributed by atoms with van der Waals surface area (Å²) in [5, 5.41) is 15.8. The van der Waals surface area contributed by atoms with Crippen LogP contribution in [0.15, 0.2) is 46.6 Å². The second-order valence-corrected chi connectivity index (χ2v) is 19.1. The molecule has 0 unspecified atom stereocenters. The maximum Gasteiger partial charge on any atom is 0.410 e. The molecule has 336 valence electrons. The van der Waals surface area contributed by atoms with Gasteiger partial charge in [0.1, 0.15) is 23.8 Å². The van der Waals surface area contributed by atoms with Gasteiger partial charge < -0.3 is 29.0 Å². The van der Waals surface area contributed by atoms with E-state index < -0.39 is 77.2 Å². The van der Waals surface area contributed by atoms with Crippen molar-refractivity contribution in [2.24, 2.45) is 39.2 Å². The van der Waals surface area contributed by atoms with Gasteiger partial charge in [-0.3, -0.25) is 29.3 Å². The molecule has 0 aromatic carbocycles. The number of rotatable bonds is 8. The Bertz CT molecular complexity index is 2080. The molecule has 15 nitrogen and oxygen atoms in total. The molecule has 0 aliphatic carbocycles. The van der Waals surface area contributed by atoms with Crippen LogP contribution in [-0.2, 0) is 28.5 Å². The van der Waals surface area contributed by atoms with Gasteiger partial charge in [-0.15, -0.1) is 11.3 Å². The third-order valence-electron chi connectivity index (χ3n) is 13.1.